The smallest absolute Gasteiger partial charge is 0.305 e. The van der Waals surface area contributed by atoms with Crippen LogP contribution < -0.4 is 4.87 Å². The van der Waals surface area contributed by atoms with E-state index in [0.717, 1.165) is 11.3 Å². The van der Waals surface area contributed by atoms with Crippen molar-refractivity contribution in [3.63, 3.8) is 0 Å². The second-order valence-electron chi connectivity index (χ2n) is 6.38. The number of fused-ring (bicyclic) bond motifs is 1. The van der Waals surface area contributed by atoms with Crippen LogP contribution in [0, 0.1) is 0 Å². The van der Waals surface area contributed by atoms with Gasteiger partial charge in [0.1, 0.15) is 0 Å². The fourth-order valence-corrected chi connectivity index (χ4v) is 5.57. The van der Waals surface area contributed by atoms with E-state index in [1.165, 1.54) is 16.4 Å². The first-order valence-corrected chi connectivity index (χ1v) is 11.2. The maximum atomic E-state index is 12.9. The molecule has 1 aromatic heterocycles. The topological polar surface area (TPSA) is 90.6 Å². The number of aromatic amines is 1. The number of H-pyrrole nitrogens is 1. The van der Waals surface area contributed by atoms with Gasteiger partial charge in [0.05, 0.1) is 15.1 Å². The molecule has 0 unspecified atom stereocenters. The molecule has 28 heavy (non-hydrogen) atoms. The summed E-state index contributed by atoms with van der Waals surface area (Å²) in [5.41, 5.74) is 1.14. The second kappa shape index (κ2) is 7.32. The predicted molar refractivity (Wildman–Crippen MR) is 109 cm³/mol. The molecule has 7 nitrogen and oxygen atoms in total. The van der Waals surface area contributed by atoms with Crippen molar-refractivity contribution in [3.8, 4) is 0 Å². The summed E-state index contributed by atoms with van der Waals surface area (Å²) in [6.07, 6.45) is 0. The van der Waals surface area contributed by atoms with Crippen LogP contribution in [-0.2, 0) is 10.0 Å². The molecular formula is C18H16ClN3O4S2. The van der Waals surface area contributed by atoms with E-state index < -0.39 is 10.0 Å². The molecule has 0 spiro atoms. The SMILES string of the molecule is O=C(c1ccc(Cl)cc1)N1CCN(S(=O)(=O)c2ccc3[nH]c(=O)sc3c2)CC1. The fourth-order valence-electron chi connectivity index (χ4n) is 3.14. The van der Waals surface area contributed by atoms with E-state index in [1.807, 2.05) is 0 Å². The lowest BCUT2D eigenvalue weighted by Crippen LogP contribution is -2.50. The van der Waals surface area contributed by atoms with Gasteiger partial charge in [0, 0.05) is 36.8 Å². The van der Waals surface area contributed by atoms with Crippen molar-refractivity contribution in [1.29, 1.82) is 0 Å². The molecule has 1 aliphatic rings. The van der Waals surface area contributed by atoms with E-state index in [9.17, 15) is 18.0 Å². The molecule has 4 rings (SSSR count). The molecule has 3 aromatic rings. The van der Waals surface area contributed by atoms with Gasteiger partial charge in [-0.05, 0) is 42.5 Å². The summed E-state index contributed by atoms with van der Waals surface area (Å²) in [4.78, 5) is 28.2. The van der Waals surface area contributed by atoms with E-state index >= 15 is 0 Å². The van der Waals surface area contributed by atoms with Crippen molar-refractivity contribution in [2.45, 2.75) is 4.90 Å². The minimum atomic E-state index is -3.69. The van der Waals surface area contributed by atoms with Crippen LogP contribution in [0.15, 0.2) is 52.2 Å². The highest BCUT2D eigenvalue weighted by Gasteiger charge is 2.30. The number of nitrogens with zero attached hydrogens (tertiary/aromatic N) is 2. The minimum Gasteiger partial charge on any atom is -0.336 e. The number of halogens is 1. The summed E-state index contributed by atoms with van der Waals surface area (Å²) in [5, 5.41) is 0.553. The van der Waals surface area contributed by atoms with Crippen LogP contribution in [0.5, 0.6) is 0 Å². The van der Waals surface area contributed by atoms with Crippen LogP contribution in [0.25, 0.3) is 10.2 Å². The molecule has 1 aliphatic heterocycles. The van der Waals surface area contributed by atoms with Crippen LogP contribution in [0.3, 0.4) is 0 Å². The lowest BCUT2D eigenvalue weighted by atomic mass is 10.2. The average Bonchev–Trinajstić information content (AvgIpc) is 3.07. The molecule has 10 heteroatoms. The van der Waals surface area contributed by atoms with E-state index in [4.69, 9.17) is 11.6 Å². The van der Waals surface area contributed by atoms with E-state index in [1.54, 1.807) is 35.2 Å². The number of benzene rings is 2. The van der Waals surface area contributed by atoms with Gasteiger partial charge in [0.15, 0.2) is 0 Å². The average molecular weight is 438 g/mol. The van der Waals surface area contributed by atoms with Gasteiger partial charge >= 0.3 is 4.87 Å². The Morgan fingerprint density at radius 1 is 1.04 bits per heavy atom. The summed E-state index contributed by atoms with van der Waals surface area (Å²) < 4.78 is 27.9. The van der Waals surface area contributed by atoms with E-state index in [2.05, 4.69) is 4.98 Å². The first kappa shape index (κ1) is 19.1. The largest absolute Gasteiger partial charge is 0.336 e. The van der Waals surface area contributed by atoms with Gasteiger partial charge in [0.25, 0.3) is 5.91 Å². The van der Waals surface area contributed by atoms with Gasteiger partial charge in [0.2, 0.25) is 10.0 Å². The first-order chi connectivity index (χ1) is 13.3. The minimum absolute atomic E-state index is 0.146. The Morgan fingerprint density at radius 2 is 1.71 bits per heavy atom. The highest BCUT2D eigenvalue weighted by Crippen LogP contribution is 2.23. The third-order valence-electron chi connectivity index (χ3n) is 4.65. The Hall–Kier alpha value is -2.20. The molecule has 1 N–H and O–H groups in total. The normalized spacial score (nSPS) is 15.8. The molecule has 0 radical (unpaired) electrons. The Labute approximate surface area is 170 Å². The van der Waals surface area contributed by atoms with Crippen molar-refractivity contribution in [1.82, 2.24) is 14.2 Å². The zero-order chi connectivity index (χ0) is 19.9. The third-order valence-corrected chi connectivity index (χ3v) is 7.64. The third kappa shape index (κ3) is 3.58. The van der Waals surface area contributed by atoms with E-state index in [0.29, 0.717) is 33.9 Å². The second-order valence-corrected chi connectivity index (χ2v) is 9.76. The summed E-state index contributed by atoms with van der Waals surface area (Å²) >= 11 is 6.83. The number of hydrogen-bond acceptors (Lipinski definition) is 5. The van der Waals surface area contributed by atoms with E-state index in [-0.39, 0.29) is 28.8 Å². The number of carbonyl (C=O) groups is 1. The van der Waals surface area contributed by atoms with Crippen LogP contribution in [-0.4, -0.2) is 54.7 Å². The van der Waals surface area contributed by atoms with Gasteiger partial charge in [-0.1, -0.05) is 22.9 Å². The number of aromatic nitrogens is 1. The van der Waals surface area contributed by atoms with Crippen molar-refractivity contribution < 1.29 is 13.2 Å². The highest BCUT2D eigenvalue weighted by atomic mass is 35.5. The van der Waals surface area contributed by atoms with Crippen molar-refractivity contribution >= 4 is 49.1 Å². The quantitative estimate of drug-likeness (QED) is 0.681. The zero-order valence-electron chi connectivity index (χ0n) is 14.6. The molecule has 1 amide bonds. The molecule has 0 atom stereocenters. The number of rotatable bonds is 3. The number of sulfonamides is 1. The van der Waals surface area contributed by atoms with Gasteiger partial charge in [-0.2, -0.15) is 4.31 Å². The standard InChI is InChI=1S/C18H16ClN3O4S2/c19-13-3-1-12(2-4-13)17(23)21-7-9-22(10-8-21)28(25,26)14-5-6-15-16(11-14)27-18(24)20-15/h1-6,11H,7-10H2,(H,20,24). The Morgan fingerprint density at radius 3 is 2.39 bits per heavy atom. The van der Waals surface area contributed by atoms with Gasteiger partial charge < -0.3 is 9.88 Å². The van der Waals surface area contributed by atoms with Crippen LogP contribution >= 0.6 is 22.9 Å². The Balaban J connectivity index is 1.49. The number of amides is 1. The molecule has 2 heterocycles. The lowest BCUT2D eigenvalue weighted by molar-refractivity contribution is 0.0698. The number of carbonyl (C=O) groups excluding carboxylic acids is 1. The molecule has 1 fully saturated rings. The van der Waals surface area contributed by atoms with Crippen LogP contribution in [0.4, 0.5) is 0 Å². The molecule has 0 saturated carbocycles. The highest BCUT2D eigenvalue weighted by molar-refractivity contribution is 7.89. The number of hydrogen-bond donors (Lipinski definition) is 1. The summed E-state index contributed by atoms with van der Waals surface area (Å²) in [6.45, 7) is 1.03. The lowest BCUT2D eigenvalue weighted by Gasteiger charge is -2.34. The molecule has 2 aromatic carbocycles. The van der Waals surface area contributed by atoms with Crippen LogP contribution in [0.2, 0.25) is 5.02 Å². The Bertz CT molecular complexity index is 1190. The van der Waals surface area contributed by atoms with Crippen LogP contribution in [0.1, 0.15) is 10.4 Å². The predicted octanol–water partition coefficient (Wildman–Crippen LogP) is 2.39. The summed E-state index contributed by atoms with van der Waals surface area (Å²) in [6, 6.07) is 11.2. The first-order valence-electron chi connectivity index (χ1n) is 8.52. The molecule has 0 aliphatic carbocycles. The monoisotopic (exact) mass is 437 g/mol. The Kier molecular flexibility index (Phi) is 5.00. The number of piperazine rings is 1. The van der Waals surface area contributed by atoms with Crippen molar-refractivity contribution in [2.75, 3.05) is 26.2 Å². The summed E-state index contributed by atoms with van der Waals surface area (Å²) in [5.74, 6) is -0.146. The number of nitrogens with one attached hydrogen (secondary N) is 1. The van der Waals surface area contributed by atoms with Crippen molar-refractivity contribution in [2.24, 2.45) is 0 Å². The summed E-state index contributed by atoms with van der Waals surface area (Å²) in [7, 11) is -3.69. The fraction of sp³-hybridized carbons (Fsp3) is 0.222. The molecule has 1 saturated heterocycles. The van der Waals surface area contributed by atoms with Crippen molar-refractivity contribution in [3.05, 3.63) is 62.7 Å². The zero-order valence-corrected chi connectivity index (χ0v) is 17.0. The maximum absolute atomic E-state index is 12.9. The molecule has 0 bridgehead atoms. The van der Waals surface area contributed by atoms with Gasteiger partial charge in [-0.15, -0.1) is 0 Å². The molecular weight excluding hydrogens is 422 g/mol. The maximum Gasteiger partial charge on any atom is 0.305 e. The number of thiazole rings is 1. The molecule has 146 valence electrons. The van der Waals surface area contributed by atoms with Gasteiger partial charge in [-0.25, -0.2) is 8.42 Å². The van der Waals surface area contributed by atoms with Gasteiger partial charge in [-0.3, -0.25) is 9.59 Å².